The molecule has 0 aliphatic rings. The van der Waals surface area contributed by atoms with E-state index in [0.717, 1.165) is 23.5 Å². The van der Waals surface area contributed by atoms with Gasteiger partial charge < -0.3 is 5.73 Å². The molecule has 0 bridgehead atoms. The first-order valence-corrected chi connectivity index (χ1v) is 6.30. The molecule has 3 heterocycles. The summed E-state index contributed by atoms with van der Waals surface area (Å²) in [4.78, 5) is 1.29. The van der Waals surface area contributed by atoms with Crippen LogP contribution in [0.5, 0.6) is 0 Å². The SMILES string of the molecule is NCc1cccn2c(Cc3cccs3)nnc12. The fourth-order valence-electron chi connectivity index (χ4n) is 1.87. The average molecular weight is 244 g/mol. The molecule has 4 nitrogen and oxygen atoms in total. The number of nitrogens with zero attached hydrogens (tertiary/aromatic N) is 3. The van der Waals surface area contributed by atoms with Gasteiger partial charge in [0.05, 0.1) is 0 Å². The van der Waals surface area contributed by atoms with Crippen molar-refractivity contribution < 1.29 is 0 Å². The van der Waals surface area contributed by atoms with Crippen LogP contribution in [0.4, 0.5) is 0 Å². The first-order chi connectivity index (χ1) is 8.38. The Hall–Kier alpha value is -1.72. The minimum atomic E-state index is 0.488. The molecular formula is C12H12N4S. The number of rotatable bonds is 3. The van der Waals surface area contributed by atoms with Crippen molar-refractivity contribution in [2.45, 2.75) is 13.0 Å². The van der Waals surface area contributed by atoms with E-state index >= 15 is 0 Å². The van der Waals surface area contributed by atoms with Crippen molar-refractivity contribution >= 4 is 17.0 Å². The van der Waals surface area contributed by atoms with Crippen LogP contribution in [0.3, 0.4) is 0 Å². The zero-order valence-corrected chi connectivity index (χ0v) is 10.0. The number of hydrogen-bond donors (Lipinski definition) is 1. The highest BCUT2D eigenvalue weighted by Crippen LogP contribution is 2.15. The molecule has 3 rings (SSSR count). The van der Waals surface area contributed by atoms with E-state index in [9.17, 15) is 0 Å². The highest BCUT2D eigenvalue weighted by atomic mass is 32.1. The predicted molar refractivity (Wildman–Crippen MR) is 68.0 cm³/mol. The van der Waals surface area contributed by atoms with Crippen LogP contribution < -0.4 is 5.73 Å². The number of fused-ring (bicyclic) bond motifs is 1. The molecule has 86 valence electrons. The Kier molecular flexibility index (Phi) is 2.62. The van der Waals surface area contributed by atoms with Crippen LogP contribution in [0.1, 0.15) is 16.3 Å². The normalized spacial score (nSPS) is 11.1. The number of thiophene rings is 1. The van der Waals surface area contributed by atoms with E-state index in [-0.39, 0.29) is 0 Å². The lowest BCUT2D eigenvalue weighted by Gasteiger charge is -2.01. The van der Waals surface area contributed by atoms with Gasteiger partial charge in [-0.2, -0.15) is 0 Å². The standard InChI is InChI=1S/C12H12N4S/c13-8-9-3-1-5-16-11(14-15-12(9)16)7-10-4-2-6-17-10/h1-6H,7-8,13H2. The quantitative estimate of drug-likeness (QED) is 0.765. The summed E-state index contributed by atoms with van der Waals surface area (Å²) in [6, 6.07) is 8.13. The van der Waals surface area contributed by atoms with Crippen molar-refractivity contribution in [1.82, 2.24) is 14.6 Å². The molecule has 0 atom stereocenters. The summed E-state index contributed by atoms with van der Waals surface area (Å²) in [6.07, 6.45) is 2.80. The fourth-order valence-corrected chi connectivity index (χ4v) is 2.57. The molecule has 0 radical (unpaired) electrons. The van der Waals surface area contributed by atoms with Gasteiger partial charge in [0.25, 0.3) is 0 Å². The molecule has 0 aliphatic heterocycles. The molecule has 0 aliphatic carbocycles. The zero-order chi connectivity index (χ0) is 11.7. The van der Waals surface area contributed by atoms with E-state index < -0.39 is 0 Å². The number of nitrogens with two attached hydrogens (primary N) is 1. The van der Waals surface area contributed by atoms with Crippen molar-refractivity contribution in [2.75, 3.05) is 0 Å². The second-order valence-electron chi connectivity index (χ2n) is 3.80. The molecule has 5 heteroatoms. The van der Waals surface area contributed by atoms with E-state index in [0.29, 0.717) is 6.54 Å². The van der Waals surface area contributed by atoms with Crippen molar-refractivity contribution in [3.05, 3.63) is 52.1 Å². The highest BCUT2D eigenvalue weighted by Gasteiger charge is 2.09. The molecule has 0 amide bonds. The van der Waals surface area contributed by atoms with Crippen molar-refractivity contribution in [1.29, 1.82) is 0 Å². The van der Waals surface area contributed by atoms with Crippen LogP contribution in [0.15, 0.2) is 35.8 Å². The predicted octanol–water partition coefficient (Wildman–Crippen LogP) is 1.84. The van der Waals surface area contributed by atoms with Crippen LogP contribution in [0.2, 0.25) is 0 Å². The van der Waals surface area contributed by atoms with Gasteiger partial charge in [-0.25, -0.2) is 0 Å². The molecule has 3 aromatic rings. The zero-order valence-electron chi connectivity index (χ0n) is 9.21. The van der Waals surface area contributed by atoms with Crippen LogP contribution in [0, 0.1) is 0 Å². The van der Waals surface area contributed by atoms with E-state index in [1.807, 2.05) is 22.7 Å². The van der Waals surface area contributed by atoms with Gasteiger partial charge in [-0.15, -0.1) is 21.5 Å². The lowest BCUT2D eigenvalue weighted by Crippen LogP contribution is -2.01. The van der Waals surface area contributed by atoms with E-state index in [1.165, 1.54) is 4.88 Å². The lowest BCUT2D eigenvalue weighted by atomic mass is 10.2. The van der Waals surface area contributed by atoms with Crippen LogP contribution >= 0.6 is 11.3 Å². The monoisotopic (exact) mass is 244 g/mol. The largest absolute Gasteiger partial charge is 0.326 e. The third kappa shape index (κ3) is 1.83. The number of aromatic nitrogens is 3. The molecular weight excluding hydrogens is 232 g/mol. The summed E-state index contributed by atoms with van der Waals surface area (Å²) in [7, 11) is 0. The van der Waals surface area contributed by atoms with Gasteiger partial charge in [-0.05, 0) is 17.5 Å². The van der Waals surface area contributed by atoms with Crippen molar-refractivity contribution in [2.24, 2.45) is 5.73 Å². The molecule has 2 N–H and O–H groups in total. The van der Waals surface area contributed by atoms with E-state index in [1.54, 1.807) is 11.3 Å². The number of hydrogen-bond acceptors (Lipinski definition) is 4. The van der Waals surface area contributed by atoms with E-state index in [4.69, 9.17) is 5.73 Å². The first-order valence-electron chi connectivity index (χ1n) is 5.42. The molecule has 0 fully saturated rings. The Labute approximate surface area is 103 Å². The van der Waals surface area contributed by atoms with Gasteiger partial charge in [0.2, 0.25) is 0 Å². The smallest absolute Gasteiger partial charge is 0.165 e. The molecule has 0 saturated heterocycles. The van der Waals surface area contributed by atoms with Gasteiger partial charge in [-0.3, -0.25) is 4.40 Å². The minimum Gasteiger partial charge on any atom is -0.326 e. The van der Waals surface area contributed by atoms with Crippen molar-refractivity contribution in [3.63, 3.8) is 0 Å². The Morgan fingerprint density at radius 2 is 2.18 bits per heavy atom. The Balaban J connectivity index is 2.06. The molecule has 17 heavy (non-hydrogen) atoms. The van der Waals surface area contributed by atoms with Gasteiger partial charge in [0.15, 0.2) is 5.65 Å². The summed E-state index contributed by atoms with van der Waals surface area (Å²) in [6.45, 7) is 0.488. The van der Waals surface area contributed by atoms with Crippen LogP contribution in [-0.4, -0.2) is 14.6 Å². The minimum absolute atomic E-state index is 0.488. The van der Waals surface area contributed by atoms with E-state index in [2.05, 4.69) is 27.7 Å². The van der Waals surface area contributed by atoms with Crippen molar-refractivity contribution in [3.8, 4) is 0 Å². The summed E-state index contributed by atoms with van der Waals surface area (Å²) in [5, 5.41) is 10.5. The molecule has 0 saturated carbocycles. The Morgan fingerprint density at radius 3 is 2.94 bits per heavy atom. The Bertz CT molecular complexity index is 627. The topological polar surface area (TPSA) is 56.2 Å². The second kappa shape index (κ2) is 4.27. The maximum Gasteiger partial charge on any atom is 0.165 e. The van der Waals surface area contributed by atoms with Gasteiger partial charge in [-0.1, -0.05) is 12.1 Å². The average Bonchev–Trinajstić information content (AvgIpc) is 2.99. The number of pyridine rings is 1. The molecule has 0 unspecified atom stereocenters. The lowest BCUT2D eigenvalue weighted by molar-refractivity contribution is 0.943. The first kappa shape index (κ1) is 10.4. The molecule has 0 aromatic carbocycles. The summed E-state index contributed by atoms with van der Waals surface area (Å²) in [5.74, 6) is 0.956. The summed E-state index contributed by atoms with van der Waals surface area (Å²) >= 11 is 1.73. The fraction of sp³-hybridized carbons (Fsp3) is 0.167. The molecule has 0 spiro atoms. The second-order valence-corrected chi connectivity index (χ2v) is 4.84. The maximum absolute atomic E-state index is 5.68. The maximum atomic E-state index is 5.68. The highest BCUT2D eigenvalue weighted by molar-refractivity contribution is 7.09. The van der Waals surface area contributed by atoms with Gasteiger partial charge in [0, 0.05) is 29.6 Å². The third-order valence-corrected chi connectivity index (χ3v) is 3.59. The van der Waals surface area contributed by atoms with Gasteiger partial charge in [0.1, 0.15) is 5.82 Å². The summed E-state index contributed by atoms with van der Waals surface area (Å²) < 4.78 is 2.02. The summed E-state index contributed by atoms with van der Waals surface area (Å²) in [5.41, 5.74) is 7.57. The molecule has 3 aromatic heterocycles. The Morgan fingerprint density at radius 1 is 1.24 bits per heavy atom. The third-order valence-electron chi connectivity index (χ3n) is 2.72. The van der Waals surface area contributed by atoms with Gasteiger partial charge >= 0.3 is 0 Å². The van der Waals surface area contributed by atoms with Crippen LogP contribution in [-0.2, 0) is 13.0 Å². The van der Waals surface area contributed by atoms with Crippen LogP contribution in [0.25, 0.3) is 5.65 Å².